The number of pyridine rings is 1. The molecule has 0 radical (unpaired) electrons. The van der Waals surface area contributed by atoms with Crippen molar-refractivity contribution in [1.29, 1.82) is 0 Å². The molecular formula is C31H42N8O. The van der Waals surface area contributed by atoms with Crippen LogP contribution in [0.5, 0.6) is 0 Å². The molecule has 0 amide bonds. The lowest BCUT2D eigenvalue weighted by Gasteiger charge is -2.36. The van der Waals surface area contributed by atoms with Gasteiger partial charge in [0.15, 0.2) is 5.65 Å². The van der Waals surface area contributed by atoms with Crippen molar-refractivity contribution in [2.75, 3.05) is 63.6 Å². The minimum absolute atomic E-state index is 0.538. The zero-order valence-electron chi connectivity index (χ0n) is 24.4. The Bertz CT molecular complexity index is 1420. The summed E-state index contributed by atoms with van der Waals surface area (Å²) in [4.78, 5) is 21.5. The molecule has 9 nitrogen and oxygen atoms in total. The third-order valence-corrected chi connectivity index (χ3v) is 7.44. The van der Waals surface area contributed by atoms with E-state index in [1.54, 1.807) is 13.8 Å². The number of aromatic nitrogens is 4. The summed E-state index contributed by atoms with van der Waals surface area (Å²) in [7, 11) is 4.26. The first kappa shape index (κ1) is 28.0. The average Bonchev–Trinajstić information content (AvgIpc) is 3.29. The first-order valence-electron chi connectivity index (χ1n) is 14.3. The lowest BCUT2D eigenvalue weighted by molar-refractivity contribution is 0.0738. The minimum atomic E-state index is -1.03. The van der Waals surface area contributed by atoms with Gasteiger partial charge in [0.25, 0.3) is 0 Å². The Balaban J connectivity index is 1.34. The molecule has 4 aromatic rings. The maximum Gasteiger partial charge on any atom is 0.229 e. The smallest absolute Gasteiger partial charge is 0.229 e. The Morgan fingerprint density at radius 3 is 2.42 bits per heavy atom. The van der Waals surface area contributed by atoms with Gasteiger partial charge in [-0.15, -0.1) is 0 Å². The Morgan fingerprint density at radius 2 is 1.75 bits per heavy atom. The summed E-state index contributed by atoms with van der Waals surface area (Å²) >= 11 is 0. The van der Waals surface area contributed by atoms with Gasteiger partial charge < -0.3 is 20.2 Å². The maximum atomic E-state index is 10.5. The number of aliphatic hydroxyl groups is 1. The lowest BCUT2D eigenvalue weighted by Crippen LogP contribution is -2.48. The Kier molecular flexibility index (Phi) is 8.35. The van der Waals surface area contributed by atoms with Crippen molar-refractivity contribution in [1.82, 2.24) is 29.3 Å². The highest BCUT2D eigenvalue weighted by Crippen LogP contribution is 2.27. The molecular weight excluding hydrogens is 500 g/mol. The van der Waals surface area contributed by atoms with Crippen molar-refractivity contribution < 1.29 is 5.11 Å². The highest BCUT2D eigenvalue weighted by molar-refractivity contribution is 5.80. The summed E-state index contributed by atoms with van der Waals surface area (Å²) in [6.07, 6.45) is 3.75. The van der Waals surface area contributed by atoms with E-state index in [2.05, 4.69) is 80.9 Å². The van der Waals surface area contributed by atoms with Gasteiger partial charge in [-0.2, -0.15) is 4.98 Å². The molecule has 0 aliphatic carbocycles. The highest BCUT2D eigenvalue weighted by Gasteiger charge is 2.21. The Labute approximate surface area is 237 Å². The molecule has 212 valence electrons. The number of nitrogens with zero attached hydrogens (tertiary/aromatic N) is 7. The van der Waals surface area contributed by atoms with Gasteiger partial charge in [0, 0.05) is 67.9 Å². The number of rotatable bonds is 10. The number of hydrogen-bond acceptors (Lipinski definition) is 8. The quantitative estimate of drug-likeness (QED) is 0.305. The van der Waals surface area contributed by atoms with Gasteiger partial charge in [0.1, 0.15) is 11.4 Å². The standard InChI is InChI=1S/C31H42N8O/c1-6-8-26-21-23-22-32-30(35-29(23)39(26)28-10-7-9-27(34-28)31(2,3)40)33-24-11-13-25(14-12-24)38-19-17-37(18-20-38)16-15-36(4)5/h7,9-14,21-22,40H,6,8,15-20H2,1-5H3,(H,32,33,35). The Hall–Kier alpha value is -3.53. The third kappa shape index (κ3) is 6.43. The predicted molar refractivity (Wildman–Crippen MR) is 163 cm³/mol. The average molecular weight is 543 g/mol. The number of hydrogen-bond donors (Lipinski definition) is 2. The van der Waals surface area contributed by atoms with Gasteiger partial charge in [0.05, 0.1) is 5.69 Å². The van der Waals surface area contributed by atoms with Crippen LogP contribution in [-0.4, -0.2) is 87.8 Å². The normalized spacial score (nSPS) is 14.8. The number of benzene rings is 1. The molecule has 9 heteroatoms. The lowest BCUT2D eigenvalue weighted by atomic mass is 10.1. The van der Waals surface area contributed by atoms with Gasteiger partial charge in [-0.1, -0.05) is 19.4 Å². The second-order valence-electron chi connectivity index (χ2n) is 11.4. The summed E-state index contributed by atoms with van der Waals surface area (Å²) in [6.45, 7) is 12.2. The van der Waals surface area contributed by atoms with Crippen LogP contribution in [0.3, 0.4) is 0 Å². The molecule has 0 unspecified atom stereocenters. The number of fused-ring (bicyclic) bond motifs is 1. The Morgan fingerprint density at radius 1 is 1.00 bits per heavy atom. The van der Waals surface area contributed by atoms with Crippen LogP contribution in [0.25, 0.3) is 16.9 Å². The van der Waals surface area contributed by atoms with E-state index in [0.29, 0.717) is 11.6 Å². The first-order chi connectivity index (χ1) is 19.2. The van der Waals surface area contributed by atoms with E-state index in [0.717, 1.165) is 80.3 Å². The molecule has 40 heavy (non-hydrogen) atoms. The van der Waals surface area contributed by atoms with E-state index in [-0.39, 0.29) is 0 Å². The molecule has 5 rings (SSSR count). The van der Waals surface area contributed by atoms with E-state index < -0.39 is 5.60 Å². The molecule has 0 atom stereocenters. The molecule has 4 heterocycles. The van der Waals surface area contributed by atoms with E-state index in [9.17, 15) is 5.11 Å². The van der Waals surface area contributed by atoms with Crippen molar-refractivity contribution in [3.8, 4) is 5.82 Å². The van der Waals surface area contributed by atoms with E-state index >= 15 is 0 Å². The number of piperazine rings is 1. The minimum Gasteiger partial charge on any atom is -0.384 e. The number of anilines is 3. The van der Waals surface area contributed by atoms with Crippen LogP contribution in [0.4, 0.5) is 17.3 Å². The van der Waals surface area contributed by atoms with Crippen molar-refractivity contribution in [2.24, 2.45) is 0 Å². The van der Waals surface area contributed by atoms with Gasteiger partial charge in [0.2, 0.25) is 5.95 Å². The zero-order valence-corrected chi connectivity index (χ0v) is 24.4. The van der Waals surface area contributed by atoms with Crippen molar-refractivity contribution in [3.63, 3.8) is 0 Å². The molecule has 0 saturated carbocycles. The van der Waals surface area contributed by atoms with Crippen molar-refractivity contribution >= 4 is 28.4 Å². The summed E-state index contributed by atoms with van der Waals surface area (Å²) in [5.74, 6) is 1.28. The largest absolute Gasteiger partial charge is 0.384 e. The van der Waals surface area contributed by atoms with E-state index in [1.807, 2.05) is 24.4 Å². The summed E-state index contributed by atoms with van der Waals surface area (Å²) in [6, 6.07) is 16.4. The van der Waals surface area contributed by atoms with E-state index in [1.165, 1.54) is 5.69 Å². The van der Waals surface area contributed by atoms with Crippen LogP contribution in [-0.2, 0) is 12.0 Å². The van der Waals surface area contributed by atoms with Crippen LogP contribution in [0, 0.1) is 0 Å². The fourth-order valence-corrected chi connectivity index (χ4v) is 5.14. The fourth-order valence-electron chi connectivity index (χ4n) is 5.14. The van der Waals surface area contributed by atoms with E-state index in [4.69, 9.17) is 9.97 Å². The van der Waals surface area contributed by atoms with Crippen LogP contribution >= 0.6 is 0 Å². The van der Waals surface area contributed by atoms with Gasteiger partial charge in [-0.3, -0.25) is 9.47 Å². The summed E-state index contributed by atoms with van der Waals surface area (Å²) in [5, 5.41) is 14.9. The number of likely N-dealkylation sites (N-methyl/N-ethyl adjacent to an activating group) is 1. The number of nitrogens with one attached hydrogen (secondary N) is 1. The molecule has 1 aliphatic rings. The monoisotopic (exact) mass is 542 g/mol. The van der Waals surface area contributed by atoms with Crippen molar-refractivity contribution in [2.45, 2.75) is 39.2 Å². The van der Waals surface area contributed by atoms with Gasteiger partial charge in [-0.05, 0) is 76.8 Å². The molecule has 0 spiro atoms. The second kappa shape index (κ2) is 11.9. The molecule has 1 aliphatic heterocycles. The molecule has 0 bridgehead atoms. The van der Waals surface area contributed by atoms with Gasteiger partial charge >= 0.3 is 0 Å². The summed E-state index contributed by atoms with van der Waals surface area (Å²) in [5.41, 5.74) is 3.70. The second-order valence-corrected chi connectivity index (χ2v) is 11.4. The topological polar surface area (TPSA) is 85.6 Å². The molecule has 3 aromatic heterocycles. The SMILES string of the molecule is CCCc1cc2cnc(Nc3ccc(N4CCN(CCN(C)C)CC4)cc3)nc2n1-c1cccc(C(C)(C)O)n1. The van der Waals surface area contributed by atoms with Crippen LogP contribution in [0.2, 0.25) is 0 Å². The fraction of sp³-hybridized carbons (Fsp3) is 0.452. The maximum absolute atomic E-state index is 10.5. The number of aryl methyl sites for hydroxylation is 1. The highest BCUT2D eigenvalue weighted by atomic mass is 16.3. The predicted octanol–water partition coefficient (Wildman–Crippen LogP) is 4.42. The molecule has 1 aromatic carbocycles. The first-order valence-corrected chi connectivity index (χ1v) is 14.3. The summed E-state index contributed by atoms with van der Waals surface area (Å²) < 4.78 is 2.09. The van der Waals surface area contributed by atoms with Crippen LogP contribution < -0.4 is 10.2 Å². The molecule has 2 N–H and O–H groups in total. The third-order valence-electron chi connectivity index (χ3n) is 7.44. The van der Waals surface area contributed by atoms with Crippen molar-refractivity contribution in [3.05, 3.63) is 66.1 Å². The van der Waals surface area contributed by atoms with Gasteiger partial charge in [-0.25, -0.2) is 9.97 Å². The van der Waals surface area contributed by atoms with Crippen LogP contribution in [0.1, 0.15) is 38.6 Å². The molecule has 1 fully saturated rings. The molecule has 1 saturated heterocycles. The zero-order chi connectivity index (χ0) is 28.3. The van der Waals surface area contributed by atoms with Crippen LogP contribution in [0.15, 0.2) is 54.7 Å².